The lowest BCUT2D eigenvalue weighted by Crippen LogP contribution is -2.28. The van der Waals surface area contributed by atoms with E-state index in [0.29, 0.717) is 17.5 Å². The minimum absolute atomic E-state index is 0.0414. The maximum Gasteiger partial charge on any atom is 0.261 e. The van der Waals surface area contributed by atoms with E-state index in [1.54, 1.807) is 4.57 Å². The molecule has 3 heterocycles. The molecule has 1 saturated heterocycles. The Kier molecular flexibility index (Phi) is 2.91. The van der Waals surface area contributed by atoms with E-state index in [1.165, 1.54) is 24.0 Å². The minimum Gasteiger partial charge on any atom is -0.298 e. The van der Waals surface area contributed by atoms with E-state index >= 15 is 0 Å². The molecule has 1 aromatic heterocycles. The largest absolute Gasteiger partial charge is 0.298 e. The van der Waals surface area contributed by atoms with Crippen LogP contribution >= 0.6 is 0 Å². The molecule has 0 amide bonds. The van der Waals surface area contributed by atoms with Gasteiger partial charge in [-0.15, -0.1) is 0 Å². The number of nitrogens with zero attached hydrogens (tertiary/aromatic N) is 3. The molecule has 2 aliphatic heterocycles. The Bertz CT molecular complexity index is 976. The predicted molar refractivity (Wildman–Crippen MR) is 93.7 cm³/mol. The molecule has 0 aliphatic carbocycles. The van der Waals surface area contributed by atoms with Crippen molar-refractivity contribution in [1.29, 1.82) is 0 Å². The highest BCUT2D eigenvalue weighted by molar-refractivity contribution is 5.77. The smallest absolute Gasteiger partial charge is 0.261 e. The number of hydrogen-bond acceptors (Lipinski definition) is 3. The van der Waals surface area contributed by atoms with Gasteiger partial charge in [-0.2, -0.15) is 0 Å². The van der Waals surface area contributed by atoms with Crippen molar-refractivity contribution in [1.82, 2.24) is 14.5 Å². The van der Waals surface area contributed by atoms with Gasteiger partial charge in [-0.3, -0.25) is 14.3 Å². The van der Waals surface area contributed by atoms with E-state index in [1.807, 2.05) is 31.3 Å². The van der Waals surface area contributed by atoms with Gasteiger partial charge in [0.15, 0.2) is 0 Å². The number of hydrogen-bond donors (Lipinski definition) is 0. The lowest BCUT2D eigenvalue weighted by Gasteiger charge is -2.22. The SMILES string of the molecule is Cn1c(CN2C3CCC2c2ccccc23)nc2ccccc2c1=O. The van der Waals surface area contributed by atoms with E-state index in [4.69, 9.17) is 4.98 Å². The van der Waals surface area contributed by atoms with E-state index in [2.05, 4.69) is 29.2 Å². The topological polar surface area (TPSA) is 38.1 Å². The van der Waals surface area contributed by atoms with Gasteiger partial charge in [0.05, 0.1) is 17.4 Å². The number of benzene rings is 2. The highest BCUT2D eigenvalue weighted by Gasteiger charge is 2.43. The van der Waals surface area contributed by atoms with Gasteiger partial charge in [0.25, 0.3) is 5.56 Å². The molecule has 1 fully saturated rings. The van der Waals surface area contributed by atoms with Crippen molar-refractivity contribution < 1.29 is 0 Å². The number of fused-ring (bicyclic) bond motifs is 6. The second-order valence-corrected chi connectivity index (χ2v) is 6.82. The number of rotatable bonds is 2. The zero-order chi connectivity index (χ0) is 16.3. The van der Waals surface area contributed by atoms with Crippen LogP contribution in [0.3, 0.4) is 0 Å². The van der Waals surface area contributed by atoms with Gasteiger partial charge >= 0.3 is 0 Å². The van der Waals surface area contributed by atoms with Crippen molar-refractivity contribution in [3.8, 4) is 0 Å². The molecule has 2 unspecified atom stereocenters. The van der Waals surface area contributed by atoms with Crippen LogP contribution in [0.15, 0.2) is 53.3 Å². The van der Waals surface area contributed by atoms with Gasteiger partial charge in [0, 0.05) is 19.1 Å². The van der Waals surface area contributed by atoms with Gasteiger partial charge in [-0.25, -0.2) is 4.98 Å². The Balaban J connectivity index is 1.57. The fourth-order valence-electron chi connectivity index (χ4n) is 4.44. The normalized spacial score (nSPS) is 22.2. The molecule has 2 atom stereocenters. The summed E-state index contributed by atoms with van der Waals surface area (Å²) < 4.78 is 1.71. The second-order valence-electron chi connectivity index (χ2n) is 6.82. The van der Waals surface area contributed by atoms with Crippen LogP contribution in [0.2, 0.25) is 0 Å². The third kappa shape index (κ3) is 1.83. The monoisotopic (exact) mass is 317 g/mol. The quantitative estimate of drug-likeness (QED) is 0.728. The molecule has 5 rings (SSSR count). The maximum atomic E-state index is 12.6. The Labute approximate surface area is 140 Å². The average molecular weight is 317 g/mol. The predicted octanol–water partition coefficient (Wildman–Crippen LogP) is 3.33. The molecule has 24 heavy (non-hydrogen) atoms. The highest BCUT2D eigenvalue weighted by atomic mass is 16.1. The molecule has 0 N–H and O–H groups in total. The second kappa shape index (κ2) is 5.02. The molecule has 2 bridgehead atoms. The minimum atomic E-state index is 0.0414. The van der Waals surface area contributed by atoms with Crippen LogP contribution in [0.25, 0.3) is 10.9 Å². The fourth-order valence-corrected chi connectivity index (χ4v) is 4.44. The maximum absolute atomic E-state index is 12.6. The molecule has 2 aromatic carbocycles. The fraction of sp³-hybridized carbons (Fsp3) is 0.300. The summed E-state index contributed by atoms with van der Waals surface area (Å²) in [7, 11) is 1.84. The number of aromatic nitrogens is 2. The summed E-state index contributed by atoms with van der Waals surface area (Å²) in [5.74, 6) is 0.850. The van der Waals surface area contributed by atoms with Crippen molar-refractivity contribution in [2.24, 2.45) is 7.05 Å². The highest BCUT2D eigenvalue weighted by Crippen LogP contribution is 2.53. The molecular formula is C20H19N3O. The van der Waals surface area contributed by atoms with Gasteiger partial charge in [-0.05, 0) is 36.1 Å². The van der Waals surface area contributed by atoms with Crippen molar-refractivity contribution in [2.75, 3.05) is 0 Å². The van der Waals surface area contributed by atoms with Gasteiger partial charge < -0.3 is 0 Å². The molecular weight excluding hydrogens is 298 g/mol. The summed E-state index contributed by atoms with van der Waals surface area (Å²) >= 11 is 0. The van der Waals surface area contributed by atoms with E-state index in [9.17, 15) is 4.79 Å². The summed E-state index contributed by atoms with van der Waals surface area (Å²) in [6.45, 7) is 0.723. The average Bonchev–Trinajstić information content (AvgIpc) is 3.15. The Morgan fingerprint density at radius 2 is 1.62 bits per heavy atom. The third-order valence-corrected chi connectivity index (χ3v) is 5.63. The molecule has 4 nitrogen and oxygen atoms in total. The molecule has 3 aromatic rings. The molecule has 2 aliphatic rings. The van der Waals surface area contributed by atoms with Gasteiger partial charge in [-0.1, -0.05) is 36.4 Å². The van der Waals surface area contributed by atoms with Crippen LogP contribution < -0.4 is 5.56 Å². The summed E-state index contributed by atoms with van der Waals surface area (Å²) in [5, 5.41) is 0.691. The van der Waals surface area contributed by atoms with Crippen LogP contribution in [0.4, 0.5) is 0 Å². The first-order valence-corrected chi connectivity index (χ1v) is 8.53. The Morgan fingerprint density at radius 1 is 1.00 bits per heavy atom. The summed E-state index contributed by atoms with van der Waals surface area (Å²) in [4.78, 5) is 19.9. The Morgan fingerprint density at radius 3 is 2.33 bits per heavy atom. The third-order valence-electron chi connectivity index (χ3n) is 5.63. The molecule has 120 valence electrons. The van der Waals surface area contributed by atoms with Crippen LogP contribution in [0.1, 0.15) is 41.9 Å². The van der Waals surface area contributed by atoms with E-state index in [-0.39, 0.29) is 5.56 Å². The van der Waals surface area contributed by atoms with Crippen molar-refractivity contribution in [2.45, 2.75) is 31.5 Å². The van der Waals surface area contributed by atoms with Crippen LogP contribution in [0, 0.1) is 0 Å². The van der Waals surface area contributed by atoms with E-state index in [0.717, 1.165) is 17.9 Å². The van der Waals surface area contributed by atoms with Crippen molar-refractivity contribution >= 4 is 10.9 Å². The standard InChI is InChI=1S/C20H19N3O/c1-22-19(21-16-9-5-4-8-15(16)20(22)24)12-23-17-10-11-18(23)14-7-3-2-6-13(14)17/h2-9,17-18H,10-12H2,1H3. The summed E-state index contributed by atoms with van der Waals surface area (Å²) in [6.07, 6.45) is 2.40. The molecule has 4 heteroatoms. The molecule has 0 saturated carbocycles. The first-order chi connectivity index (χ1) is 11.7. The van der Waals surface area contributed by atoms with Crippen molar-refractivity contribution in [3.63, 3.8) is 0 Å². The first kappa shape index (κ1) is 13.9. The summed E-state index contributed by atoms with van der Waals surface area (Å²) in [6, 6.07) is 17.3. The molecule has 0 spiro atoms. The van der Waals surface area contributed by atoms with Gasteiger partial charge in [0.2, 0.25) is 0 Å². The zero-order valence-corrected chi connectivity index (χ0v) is 13.6. The van der Waals surface area contributed by atoms with Crippen LogP contribution in [-0.2, 0) is 13.6 Å². The lowest BCUT2D eigenvalue weighted by atomic mass is 9.92. The van der Waals surface area contributed by atoms with Crippen LogP contribution in [0.5, 0.6) is 0 Å². The van der Waals surface area contributed by atoms with Crippen LogP contribution in [-0.4, -0.2) is 14.5 Å². The van der Waals surface area contributed by atoms with Gasteiger partial charge in [0.1, 0.15) is 5.82 Å². The summed E-state index contributed by atoms with van der Waals surface area (Å²) in [5.41, 5.74) is 3.75. The van der Waals surface area contributed by atoms with E-state index < -0.39 is 0 Å². The Hall–Kier alpha value is -2.46. The molecule has 0 radical (unpaired) electrons. The zero-order valence-electron chi connectivity index (χ0n) is 13.6. The lowest BCUT2D eigenvalue weighted by molar-refractivity contribution is 0.205. The number of para-hydroxylation sites is 1. The first-order valence-electron chi connectivity index (χ1n) is 8.53. The van der Waals surface area contributed by atoms with Crippen molar-refractivity contribution in [3.05, 3.63) is 75.8 Å².